The first-order valence-electron chi connectivity index (χ1n) is 10.7. The minimum Gasteiger partial charge on any atom is -0.357 e. The molecule has 0 saturated carbocycles. The Labute approximate surface area is 182 Å². The Morgan fingerprint density at radius 1 is 1.10 bits per heavy atom. The SMILES string of the molecule is CCNC(=NCCCc1nnc2ccccn12)NC(C)c1cccc(-n2cccn2)c1. The molecule has 1 aromatic carbocycles. The topological polar surface area (TPSA) is 84.4 Å². The number of aromatic nitrogens is 5. The van der Waals surface area contributed by atoms with Gasteiger partial charge in [-0.3, -0.25) is 9.39 Å². The van der Waals surface area contributed by atoms with Gasteiger partial charge in [0.25, 0.3) is 0 Å². The van der Waals surface area contributed by atoms with Gasteiger partial charge in [0.15, 0.2) is 11.6 Å². The van der Waals surface area contributed by atoms with E-state index in [1.165, 1.54) is 5.56 Å². The molecule has 3 aromatic heterocycles. The Kier molecular flexibility index (Phi) is 6.56. The van der Waals surface area contributed by atoms with Gasteiger partial charge in [0.05, 0.1) is 11.7 Å². The lowest BCUT2D eigenvalue weighted by atomic mass is 10.1. The predicted molar refractivity (Wildman–Crippen MR) is 122 cm³/mol. The number of hydrogen-bond acceptors (Lipinski definition) is 4. The maximum Gasteiger partial charge on any atom is 0.191 e. The van der Waals surface area contributed by atoms with Gasteiger partial charge in [-0.2, -0.15) is 5.10 Å². The lowest BCUT2D eigenvalue weighted by Gasteiger charge is -2.19. The average Bonchev–Trinajstić information content (AvgIpc) is 3.47. The van der Waals surface area contributed by atoms with Crippen molar-refractivity contribution >= 4 is 11.6 Å². The van der Waals surface area contributed by atoms with Crippen molar-refractivity contribution < 1.29 is 0 Å². The molecule has 0 aliphatic rings. The fraction of sp³-hybridized carbons (Fsp3) is 0.304. The largest absolute Gasteiger partial charge is 0.357 e. The zero-order valence-electron chi connectivity index (χ0n) is 17.9. The normalized spacial score (nSPS) is 12.8. The van der Waals surface area contributed by atoms with E-state index in [1.54, 1.807) is 6.20 Å². The van der Waals surface area contributed by atoms with Gasteiger partial charge in [-0.25, -0.2) is 4.68 Å². The fourth-order valence-corrected chi connectivity index (χ4v) is 3.46. The van der Waals surface area contributed by atoms with Gasteiger partial charge < -0.3 is 10.6 Å². The van der Waals surface area contributed by atoms with Crippen LogP contribution in [0.5, 0.6) is 0 Å². The molecule has 0 aliphatic heterocycles. The number of aryl methyl sites for hydroxylation is 1. The predicted octanol–water partition coefficient (Wildman–Crippen LogP) is 3.16. The van der Waals surface area contributed by atoms with Crippen LogP contribution >= 0.6 is 0 Å². The molecule has 1 atom stereocenters. The molecule has 3 heterocycles. The highest BCUT2D eigenvalue weighted by atomic mass is 15.3. The van der Waals surface area contributed by atoms with Gasteiger partial charge in [-0.15, -0.1) is 10.2 Å². The minimum atomic E-state index is 0.105. The summed E-state index contributed by atoms with van der Waals surface area (Å²) in [6.07, 6.45) is 7.46. The summed E-state index contributed by atoms with van der Waals surface area (Å²) in [4.78, 5) is 4.75. The number of fused-ring (bicyclic) bond motifs is 1. The van der Waals surface area contributed by atoms with Crippen molar-refractivity contribution in [1.29, 1.82) is 0 Å². The Morgan fingerprint density at radius 3 is 2.87 bits per heavy atom. The Bertz CT molecular complexity index is 1130. The molecule has 8 nitrogen and oxygen atoms in total. The van der Waals surface area contributed by atoms with Gasteiger partial charge in [-0.1, -0.05) is 18.2 Å². The van der Waals surface area contributed by atoms with E-state index in [1.807, 2.05) is 45.7 Å². The quantitative estimate of drug-likeness (QED) is 0.262. The highest BCUT2D eigenvalue weighted by Crippen LogP contribution is 2.16. The van der Waals surface area contributed by atoms with Crippen LogP contribution in [-0.2, 0) is 6.42 Å². The van der Waals surface area contributed by atoms with Gasteiger partial charge in [-0.05, 0) is 56.2 Å². The summed E-state index contributed by atoms with van der Waals surface area (Å²) in [5, 5.41) is 19.7. The van der Waals surface area contributed by atoms with Crippen molar-refractivity contribution in [3.05, 3.63) is 78.5 Å². The molecule has 0 saturated heterocycles. The van der Waals surface area contributed by atoms with Crippen LogP contribution in [0.2, 0.25) is 0 Å². The monoisotopic (exact) mass is 416 g/mol. The summed E-state index contributed by atoms with van der Waals surface area (Å²) in [7, 11) is 0. The Balaban J connectivity index is 1.37. The molecule has 0 radical (unpaired) electrons. The molecule has 0 spiro atoms. The standard InChI is InChI=1S/C23H28N8/c1-3-24-23(25-13-7-12-22-29-28-21-11-4-5-15-30(21)22)27-18(2)19-9-6-10-20(17-19)31-16-8-14-26-31/h4-6,8-11,14-18H,3,7,12-13H2,1-2H3,(H2,24,25,27). The highest BCUT2D eigenvalue weighted by Gasteiger charge is 2.09. The first-order chi connectivity index (χ1) is 15.2. The van der Waals surface area contributed by atoms with E-state index < -0.39 is 0 Å². The Hall–Kier alpha value is -3.68. The molecule has 8 heteroatoms. The van der Waals surface area contributed by atoms with Crippen LogP contribution in [-0.4, -0.2) is 43.4 Å². The highest BCUT2D eigenvalue weighted by molar-refractivity contribution is 5.80. The number of rotatable bonds is 8. The summed E-state index contributed by atoms with van der Waals surface area (Å²) in [6.45, 7) is 5.72. The smallest absolute Gasteiger partial charge is 0.191 e. The second-order valence-electron chi connectivity index (χ2n) is 7.32. The van der Waals surface area contributed by atoms with E-state index in [-0.39, 0.29) is 6.04 Å². The zero-order valence-corrected chi connectivity index (χ0v) is 17.9. The molecule has 1 unspecified atom stereocenters. The molecule has 0 aliphatic carbocycles. The van der Waals surface area contributed by atoms with Crippen LogP contribution in [0.25, 0.3) is 11.3 Å². The Morgan fingerprint density at radius 2 is 2.03 bits per heavy atom. The van der Waals surface area contributed by atoms with Gasteiger partial charge >= 0.3 is 0 Å². The van der Waals surface area contributed by atoms with Crippen LogP contribution in [0.1, 0.15) is 37.7 Å². The number of hydrogen-bond donors (Lipinski definition) is 2. The van der Waals surface area contributed by atoms with Crippen LogP contribution < -0.4 is 10.6 Å². The maximum atomic E-state index is 4.75. The van der Waals surface area contributed by atoms with Crippen LogP contribution in [0, 0.1) is 0 Å². The summed E-state index contributed by atoms with van der Waals surface area (Å²) in [5.74, 6) is 1.78. The zero-order chi connectivity index (χ0) is 21.5. The van der Waals surface area contributed by atoms with E-state index in [9.17, 15) is 0 Å². The molecule has 2 N–H and O–H groups in total. The van der Waals surface area contributed by atoms with E-state index in [0.717, 1.165) is 42.5 Å². The average molecular weight is 417 g/mol. The third-order valence-electron chi connectivity index (χ3n) is 5.05. The van der Waals surface area contributed by atoms with Crippen molar-refractivity contribution in [2.45, 2.75) is 32.7 Å². The lowest BCUT2D eigenvalue weighted by Crippen LogP contribution is -2.38. The number of nitrogens with one attached hydrogen (secondary N) is 2. The summed E-state index contributed by atoms with van der Waals surface area (Å²) < 4.78 is 3.89. The third-order valence-corrected chi connectivity index (χ3v) is 5.05. The first kappa shape index (κ1) is 20.6. The third kappa shape index (κ3) is 5.09. The number of benzene rings is 1. The van der Waals surface area contributed by atoms with Gasteiger partial charge in [0.2, 0.25) is 0 Å². The first-order valence-corrected chi connectivity index (χ1v) is 10.7. The summed E-state index contributed by atoms with van der Waals surface area (Å²) in [6, 6.07) is 16.3. The molecule has 4 rings (SSSR count). The summed E-state index contributed by atoms with van der Waals surface area (Å²) >= 11 is 0. The van der Waals surface area contributed by atoms with Gasteiger partial charge in [0.1, 0.15) is 5.82 Å². The maximum absolute atomic E-state index is 4.75. The second-order valence-corrected chi connectivity index (χ2v) is 7.32. The molecule has 0 amide bonds. The fourth-order valence-electron chi connectivity index (χ4n) is 3.46. The van der Waals surface area contributed by atoms with Crippen molar-refractivity contribution in [2.24, 2.45) is 4.99 Å². The summed E-state index contributed by atoms with van der Waals surface area (Å²) in [5.41, 5.74) is 3.09. The number of pyridine rings is 1. The second kappa shape index (κ2) is 9.88. The van der Waals surface area contributed by atoms with Crippen molar-refractivity contribution in [1.82, 2.24) is 35.0 Å². The van der Waals surface area contributed by atoms with Crippen molar-refractivity contribution in [3.63, 3.8) is 0 Å². The van der Waals surface area contributed by atoms with E-state index in [2.05, 4.69) is 64.0 Å². The van der Waals surface area contributed by atoms with Crippen molar-refractivity contribution in [3.8, 4) is 5.69 Å². The molecule has 0 bridgehead atoms. The van der Waals surface area contributed by atoms with Gasteiger partial charge in [0, 0.05) is 38.1 Å². The van der Waals surface area contributed by atoms with E-state index in [0.29, 0.717) is 6.54 Å². The van der Waals surface area contributed by atoms with E-state index >= 15 is 0 Å². The number of guanidine groups is 1. The number of nitrogens with zero attached hydrogens (tertiary/aromatic N) is 6. The number of aliphatic imine (C=N–C) groups is 1. The van der Waals surface area contributed by atoms with Crippen LogP contribution in [0.4, 0.5) is 0 Å². The lowest BCUT2D eigenvalue weighted by molar-refractivity contribution is 0.680. The molecule has 4 aromatic rings. The molecule has 31 heavy (non-hydrogen) atoms. The van der Waals surface area contributed by atoms with Crippen molar-refractivity contribution in [2.75, 3.05) is 13.1 Å². The van der Waals surface area contributed by atoms with Crippen LogP contribution in [0.3, 0.4) is 0 Å². The minimum absolute atomic E-state index is 0.105. The molecular weight excluding hydrogens is 388 g/mol. The molecular formula is C23H28N8. The van der Waals surface area contributed by atoms with Crippen LogP contribution in [0.15, 0.2) is 72.1 Å². The molecule has 0 fully saturated rings. The molecule has 160 valence electrons. The van der Waals surface area contributed by atoms with E-state index in [4.69, 9.17) is 4.99 Å².